The van der Waals surface area contributed by atoms with E-state index in [1.54, 1.807) is 0 Å². The molecule has 0 aliphatic rings. The van der Waals surface area contributed by atoms with Crippen LogP contribution in [0.25, 0.3) is 0 Å². The van der Waals surface area contributed by atoms with Gasteiger partial charge in [-0.05, 0) is 0 Å². The maximum absolute atomic E-state index is 0. The minimum atomic E-state index is 0. The average Bonchev–Trinajstić information content (AvgIpc) is 0. The van der Waals surface area contributed by atoms with E-state index in [1.165, 1.54) is 0 Å². The van der Waals surface area contributed by atoms with E-state index >= 15 is 0 Å². The summed E-state index contributed by atoms with van der Waals surface area (Å²) in [5.41, 5.74) is 0. The Morgan fingerprint density at radius 1 is 1.07 bits per heavy atom. The molecule has 0 saturated heterocycles. The summed E-state index contributed by atoms with van der Waals surface area (Å²) in [5.74, 6) is 0. The molecule has 0 saturated carbocycles. The quantitative estimate of drug-likeness (QED) is 0.214. The molecule has 0 atom stereocenters. The molecule has 73 valence electrons. The van der Waals surface area contributed by atoms with Gasteiger partial charge in [-0.3, -0.25) is 0 Å². The van der Waals surface area contributed by atoms with E-state index < -0.39 is 0 Å². The molecule has 0 aromatic carbocycles. The van der Waals surface area contributed by atoms with Crippen molar-refractivity contribution in [3.8, 4) is 0 Å². The number of hydrogen-bond donors (Lipinski definition) is 0. The van der Waals surface area contributed by atoms with Crippen LogP contribution in [-0.4, -0.2) is 181 Å². The van der Waals surface area contributed by atoms with Crippen molar-refractivity contribution >= 4 is 181 Å². The van der Waals surface area contributed by atoms with Crippen LogP contribution in [0.15, 0.2) is 0 Å². The molecule has 0 heterocycles. The van der Waals surface area contributed by atoms with Gasteiger partial charge >= 0.3 is 114 Å². The number of rotatable bonds is 0. The molecule has 0 aliphatic heterocycles. The second-order valence-electron chi connectivity index (χ2n) is 0. The fraction of sp³-hybridized carbons (Fsp3) is 0. The van der Waals surface area contributed by atoms with E-state index in [1.807, 2.05) is 0 Å². The monoisotopic (exact) mass is 1710 g/mol. The Labute approximate surface area is 311 Å². The third-order valence-electron chi connectivity index (χ3n) is 0. The second-order valence-corrected chi connectivity index (χ2v) is 0. The smallest absolute Gasteiger partial charge is 0 e. The molecule has 14 radical (unpaired) electrons. The predicted molar refractivity (Wildman–Crippen MR) is 59.4 cm³/mol. The first-order valence-corrected chi connectivity index (χ1v) is 0. The van der Waals surface area contributed by atoms with Crippen molar-refractivity contribution in [2.75, 3.05) is 0 Å². The SMILES string of the molecule is [As].[Be+2].[Cd].[Co].[Cr].[Fe].[H-].[H-].[Hg].[InH3].[PbH2].[Sb].[SnH2].[Te].[TlH].[U]. The Hall–Kier alpha value is 10.3. The van der Waals surface area contributed by atoms with Crippen molar-refractivity contribution in [2.24, 2.45) is 0 Å². The Kier molecular flexibility index (Phi) is 968. The minimum Gasteiger partial charge on any atom is 0 e. The summed E-state index contributed by atoms with van der Waals surface area (Å²) in [6, 6.07) is 0. The van der Waals surface area contributed by atoms with Gasteiger partial charge < -0.3 is 2.85 Å². The van der Waals surface area contributed by atoms with Crippen molar-refractivity contribution in [2.45, 2.75) is 0 Å². The molecule has 0 aliphatic carbocycles. The summed E-state index contributed by atoms with van der Waals surface area (Å²) in [6.45, 7) is 0. The van der Waals surface area contributed by atoms with E-state index in [2.05, 4.69) is 0 Å². The molecule has 0 N–H and O–H groups in total. The van der Waals surface area contributed by atoms with E-state index in [9.17, 15) is 0 Å². The molecule has 0 aromatic heterocycles. The van der Waals surface area contributed by atoms with Gasteiger partial charge in [0.1, 0.15) is 0 Å². The normalized spacial score (nSPS) is 0. The van der Waals surface area contributed by atoms with Gasteiger partial charge in [-0.25, -0.2) is 0 Å². The molecule has 0 amide bonds. The summed E-state index contributed by atoms with van der Waals surface area (Å²) in [4.78, 5) is 0. The molecule has 0 fully saturated rings. The van der Waals surface area contributed by atoms with Crippen LogP contribution in [0.5, 0.6) is 0 Å². The summed E-state index contributed by atoms with van der Waals surface area (Å²) in [5, 5.41) is 0. The van der Waals surface area contributed by atoms with Crippen molar-refractivity contribution in [3.63, 3.8) is 0 Å². The Morgan fingerprint density at radius 3 is 1.07 bits per heavy atom. The van der Waals surface area contributed by atoms with Crippen molar-refractivity contribution in [1.82, 2.24) is 0 Å². The van der Waals surface area contributed by atoms with Gasteiger partial charge in [-0.15, -0.1) is 0 Å². The minimum absolute atomic E-state index is 0. The molecule has 0 rings (SSSR count). The first-order chi connectivity index (χ1) is 0. The second kappa shape index (κ2) is 109. The van der Waals surface area contributed by atoms with Crippen LogP contribution in [0.4, 0.5) is 0 Å². The van der Waals surface area contributed by atoms with Gasteiger partial charge in [0.25, 0.3) is 0 Å². The Morgan fingerprint density at radius 2 is 1.07 bits per heavy atom. The molecule has 0 unspecified atom stereocenters. The zero-order valence-electron chi connectivity index (χ0n) is 9.14. The molecule has 14 heteroatoms. The van der Waals surface area contributed by atoms with Crippen LogP contribution in [0.3, 0.4) is 0 Å². The van der Waals surface area contributed by atoms with Crippen molar-refractivity contribution in [1.29, 1.82) is 0 Å². The molecular formula is H10AsBeCdCoCrFeHgInPbSbSnTeTlU. The zero-order chi connectivity index (χ0) is 0. The first kappa shape index (κ1) is 124. The summed E-state index contributed by atoms with van der Waals surface area (Å²) >= 11 is 0. The fourth-order valence-electron chi connectivity index (χ4n) is 0. The third kappa shape index (κ3) is 95.3. The van der Waals surface area contributed by atoms with E-state index in [0.29, 0.717) is 0 Å². The van der Waals surface area contributed by atoms with Crippen LogP contribution in [0.2, 0.25) is 0 Å². The van der Waals surface area contributed by atoms with Crippen LogP contribution in [-0.2, 0) is 106 Å². The number of hydrogen-bond acceptors (Lipinski definition) is 0. The van der Waals surface area contributed by atoms with Crippen LogP contribution in [0.1, 0.15) is 2.85 Å². The van der Waals surface area contributed by atoms with Gasteiger partial charge in [0, 0.05) is 203 Å². The van der Waals surface area contributed by atoms with Crippen LogP contribution >= 0.6 is 0 Å². The Bertz CT molecular complexity index is 62.0. The van der Waals surface area contributed by atoms with Gasteiger partial charge in [0.2, 0.25) is 0 Å². The largest absolute Gasteiger partial charge is 0 e. The molecule has 0 bridgehead atoms. The van der Waals surface area contributed by atoms with Crippen LogP contribution < -0.4 is 0 Å². The Balaban J connectivity index is 0. The van der Waals surface area contributed by atoms with Gasteiger partial charge in [0.15, 0.2) is 0 Å². The van der Waals surface area contributed by atoms with E-state index in [0.717, 1.165) is 0 Å². The van der Waals surface area contributed by atoms with E-state index in [-0.39, 0.29) is 321 Å². The van der Waals surface area contributed by atoms with Crippen molar-refractivity contribution < 1.29 is 140 Å². The summed E-state index contributed by atoms with van der Waals surface area (Å²) in [6.07, 6.45) is 0. The summed E-state index contributed by atoms with van der Waals surface area (Å²) in [7, 11) is 0. The molecular weight excluding hydrogens is 1700 g/mol. The summed E-state index contributed by atoms with van der Waals surface area (Å²) < 4.78 is 0. The maximum atomic E-state index is 0. The van der Waals surface area contributed by atoms with Crippen LogP contribution in [0, 0.1) is 31.1 Å². The maximum Gasteiger partial charge on any atom is 0 e. The zero-order valence-corrected chi connectivity index (χ0v) is 46.0. The van der Waals surface area contributed by atoms with Gasteiger partial charge in [-0.1, -0.05) is 0 Å². The third-order valence-corrected chi connectivity index (χ3v) is 0. The molecule has 0 spiro atoms. The first-order valence-electron chi connectivity index (χ1n) is 0. The fourth-order valence-corrected chi connectivity index (χ4v) is 0. The topological polar surface area (TPSA) is 0 Å². The van der Waals surface area contributed by atoms with Gasteiger partial charge in [-0.2, -0.15) is 0 Å². The molecule has 0 nitrogen and oxygen atoms in total. The average molecular weight is 1710 g/mol. The predicted octanol–water partition coefficient (Wildman–Crippen LogP) is -4.98. The molecule has 14 heavy (non-hydrogen) atoms. The van der Waals surface area contributed by atoms with Crippen molar-refractivity contribution in [3.05, 3.63) is 0 Å². The molecule has 0 aromatic rings. The van der Waals surface area contributed by atoms with Gasteiger partial charge in [0.05, 0.1) is 0 Å². The van der Waals surface area contributed by atoms with E-state index in [4.69, 9.17) is 0 Å². The standard InChI is InChI=1S/As.Be.Cd.Co.Cr.Fe.Hg.In.Pb.Sb.Sn.Te.Tl.U.10H/q;+2;;;;;;;;;;;;;;;;;;;;;2*-1.